The Hall–Kier alpha value is -4.23. The van der Waals surface area contributed by atoms with Gasteiger partial charge in [-0.05, 0) is 80.5 Å². The highest BCUT2D eigenvalue weighted by Crippen LogP contribution is 2.42. The molecule has 0 heterocycles. The van der Waals surface area contributed by atoms with Crippen molar-refractivity contribution in [2.24, 2.45) is 4.99 Å². The normalized spacial score (nSPS) is 12.6. The number of phenolic OH excluding ortho intramolecular Hbond substituents is 1. The number of hydrogen-bond acceptors (Lipinski definition) is 7. The molecule has 45 heavy (non-hydrogen) atoms. The number of aromatic hydroxyl groups is 1. The highest BCUT2D eigenvalue weighted by atomic mass is 16.5. The van der Waals surface area contributed by atoms with Gasteiger partial charge >= 0.3 is 0 Å². The summed E-state index contributed by atoms with van der Waals surface area (Å²) in [6.45, 7) is 13.5. The van der Waals surface area contributed by atoms with Crippen molar-refractivity contribution in [3.05, 3.63) is 102 Å². The number of likely N-dealkylation sites (N-methyl/N-ethyl adjacent to an activating group) is 1. The van der Waals surface area contributed by atoms with Crippen molar-refractivity contribution in [3.8, 4) is 17.2 Å². The van der Waals surface area contributed by atoms with Crippen molar-refractivity contribution in [3.63, 3.8) is 0 Å². The molecule has 0 amide bonds. The number of hydrogen-bond donors (Lipinski definition) is 3. The lowest BCUT2D eigenvalue weighted by Gasteiger charge is -2.23. The maximum atomic E-state index is 11.0. The Morgan fingerprint density at radius 2 is 1.69 bits per heavy atom. The minimum absolute atomic E-state index is 0.0132. The number of phenols is 1. The second-order valence-corrected chi connectivity index (χ2v) is 10.8. The minimum Gasteiger partial charge on any atom is -0.507 e. The van der Waals surface area contributed by atoms with Gasteiger partial charge in [0, 0.05) is 49.5 Å². The molecular weight excluding hydrogens is 562 g/mol. The maximum absolute atomic E-state index is 11.0. The van der Waals surface area contributed by atoms with E-state index >= 15 is 0 Å². The molecule has 7 nitrogen and oxygen atoms in total. The summed E-state index contributed by atoms with van der Waals surface area (Å²) in [5.41, 5.74) is 10.6. The first-order chi connectivity index (χ1) is 21.8. The summed E-state index contributed by atoms with van der Waals surface area (Å²) in [6, 6.07) is 21.5. The molecule has 0 saturated carbocycles. The van der Waals surface area contributed by atoms with Crippen LogP contribution in [0.5, 0.6) is 17.2 Å². The van der Waals surface area contributed by atoms with E-state index in [2.05, 4.69) is 49.5 Å². The smallest absolute Gasteiger partial charge is 0.132 e. The van der Waals surface area contributed by atoms with Crippen molar-refractivity contribution in [1.82, 2.24) is 0 Å². The average Bonchev–Trinajstić information content (AvgIpc) is 3.03. The molecule has 3 aromatic carbocycles. The summed E-state index contributed by atoms with van der Waals surface area (Å²) >= 11 is 0. The number of rotatable bonds is 17. The average molecular weight is 616 g/mol. The summed E-state index contributed by atoms with van der Waals surface area (Å²) < 4.78 is 11.2. The monoisotopic (exact) mass is 615 g/mol. The van der Waals surface area contributed by atoms with Crippen molar-refractivity contribution in [2.75, 3.05) is 37.4 Å². The molecule has 244 valence electrons. The number of anilines is 2. The van der Waals surface area contributed by atoms with Gasteiger partial charge in [0.15, 0.2) is 0 Å². The number of aliphatic hydroxyl groups excluding tert-OH is 1. The molecule has 2 atom stereocenters. The highest BCUT2D eigenvalue weighted by Gasteiger charge is 2.24. The van der Waals surface area contributed by atoms with E-state index in [4.69, 9.17) is 15.2 Å². The molecule has 0 aromatic heterocycles. The van der Waals surface area contributed by atoms with Gasteiger partial charge in [-0.15, -0.1) is 0 Å². The van der Waals surface area contributed by atoms with Gasteiger partial charge in [-0.1, -0.05) is 63.6 Å². The maximum Gasteiger partial charge on any atom is 0.132 e. The minimum atomic E-state index is -0.815. The van der Waals surface area contributed by atoms with Gasteiger partial charge < -0.3 is 30.3 Å². The van der Waals surface area contributed by atoms with Crippen LogP contribution in [0, 0.1) is 0 Å². The van der Waals surface area contributed by atoms with Crippen molar-refractivity contribution < 1.29 is 19.7 Å². The lowest BCUT2D eigenvalue weighted by molar-refractivity contribution is 0.146. The van der Waals surface area contributed by atoms with E-state index in [1.807, 2.05) is 62.4 Å². The number of allylic oxidation sites excluding steroid dienone is 1. The van der Waals surface area contributed by atoms with Crippen LogP contribution >= 0.6 is 0 Å². The fourth-order valence-corrected chi connectivity index (χ4v) is 5.05. The van der Waals surface area contributed by atoms with Crippen LogP contribution in [0.4, 0.5) is 11.4 Å². The van der Waals surface area contributed by atoms with E-state index in [0.717, 1.165) is 43.6 Å². The lowest BCUT2D eigenvalue weighted by Crippen LogP contribution is -2.20. The predicted molar refractivity (Wildman–Crippen MR) is 190 cm³/mol. The van der Waals surface area contributed by atoms with Crippen LogP contribution in [0.2, 0.25) is 0 Å². The van der Waals surface area contributed by atoms with Gasteiger partial charge in [-0.2, -0.15) is 0 Å². The number of nitrogens with zero attached hydrogens (tertiary/aromatic N) is 2. The number of benzene rings is 3. The Balaban J connectivity index is 0.000000341. The SMILES string of the molecule is C=CN=C/C=C(\CC)CN(C)c1ccc(N)cc1.CCCC[C@H](C[C@H](O)c1c(O)cc(OCC)cc1OCC)c1ccccc1. The van der Waals surface area contributed by atoms with E-state index in [9.17, 15) is 10.2 Å². The summed E-state index contributed by atoms with van der Waals surface area (Å²) in [4.78, 5) is 6.17. The van der Waals surface area contributed by atoms with Gasteiger partial charge in [0.2, 0.25) is 0 Å². The third kappa shape index (κ3) is 12.7. The fraction of sp³-hybridized carbons (Fsp3) is 0.395. The molecule has 3 aromatic rings. The molecule has 0 fully saturated rings. The molecule has 0 aliphatic rings. The molecule has 0 unspecified atom stereocenters. The third-order valence-corrected chi connectivity index (χ3v) is 7.45. The Bertz CT molecular complexity index is 1320. The van der Waals surface area contributed by atoms with Crippen LogP contribution in [0.25, 0.3) is 0 Å². The highest BCUT2D eigenvalue weighted by molar-refractivity contribution is 5.73. The zero-order valence-electron chi connectivity index (χ0n) is 27.8. The second-order valence-electron chi connectivity index (χ2n) is 10.8. The van der Waals surface area contributed by atoms with Crippen LogP contribution < -0.4 is 20.1 Å². The Labute approximate surface area is 270 Å². The summed E-state index contributed by atoms with van der Waals surface area (Å²) in [7, 11) is 2.07. The Morgan fingerprint density at radius 1 is 1.00 bits per heavy atom. The van der Waals surface area contributed by atoms with E-state index in [1.165, 1.54) is 17.3 Å². The Morgan fingerprint density at radius 3 is 2.29 bits per heavy atom. The molecular formula is C38H53N3O4. The second kappa shape index (κ2) is 20.7. The largest absolute Gasteiger partial charge is 0.507 e. The molecule has 0 bridgehead atoms. The van der Waals surface area contributed by atoms with E-state index in [0.29, 0.717) is 36.7 Å². The standard InChI is InChI=1S/C23H32O4.C15H21N3/c1-4-7-11-18(17-12-9-8-10-13-17)14-20(24)23-21(25)15-19(26-5-2)16-22(23)27-6-3;1-4-13(10-11-17-5-2)12-18(3)15-8-6-14(16)7-9-15/h8-10,12-13,15-16,18,20,24-25H,4-7,11,14H2,1-3H3;5-11H,2,4,12,16H2,1,3H3/b;13-10+,17-11?/t18-,20+;/m1./s1. The number of ether oxygens (including phenoxy) is 2. The molecule has 3 rings (SSSR count). The van der Waals surface area contributed by atoms with Crippen molar-refractivity contribution in [2.45, 2.75) is 71.8 Å². The van der Waals surface area contributed by atoms with Crippen molar-refractivity contribution in [1.29, 1.82) is 0 Å². The molecule has 0 saturated heterocycles. The number of aliphatic hydroxyl groups is 1. The zero-order valence-corrected chi connectivity index (χ0v) is 27.8. The van der Waals surface area contributed by atoms with Crippen LogP contribution in [-0.2, 0) is 0 Å². The number of nitrogen functional groups attached to an aromatic ring is 1. The Kier molecular flexibility index (Phi) is 17.0. The van der Waals surface area contributed by atoms with Gasteiger partial charge in [-0.25, -0.2) is 0 Å². The summed E-state index contributed by atoms with van der Waals surface area (Å²) in [5, 5.41) is 21.5. The molecule has 0 aliphatic carbocycles. The topological polar surface area (TPSA) is 101 Å². The number of nitrogens with two attached hydrogens (primary N) is 1. The number of unbranched alkanes of at least 4 members (excludes halogenated alkanes) is 1. The van der Waals surface area contributed by atoms with Gasteiger partial charge in [0.1, 0.15) is 17.2 Å². The molecule has 0 spiro atoms. The first kappa shape index (κ1) is 37.0. The van der Waals surface area contributed by atoms with Gasteiger partial charge in [0.25, 0.3) is 0 Å². The predicted octanol–water partition coefficient (Wildman–Crippen LogP) is 8.84. The lowest BCUT2D eigenvalue weighted by atomic mass is 9.86. The fourth-order valence-electron chi connectivity index (χ4n) is 5.05. The molecule has 0 aliphatic heterocycles. The van der Waals surface area contributed by atoms with Gasteiger partial charge in [-0.3, -0.25) is 4.99 Å². The van der Waals surface area contributed by atoms with E-state index in [-0.39, 0.29) is 11.7 Å². The van der Waals surface area contributed by atoms with Crippen molar-refractivity contribution >= 4 is 17.6 Å². The summed E-state index contributed by atoms with van der Waals surface area (Å²) in [5.74, 6) is 1.26. The van der Waals surface area contributed by atoms with Crippen LogP contribution in [0.15, 0.2) is 96.2 Å². The van der Waals surface area contributed by atoms with Crippen LogP contribution in [-0.4, -0.2) is 43.2 Å². The van der Waals surface area contributed by atoms with Gasteiger partial charge in [0.05, 0.1) is 24.9 Å². The van der Waals surface area contributed by atoms with E-state index < -0.39 is 6.10 Å². The van der Waals surface area contributed by atoms with Crippen LogP contribution in [0.3, 0.4) is 0 Å². The van der Waals surface area contributed by atoms with E-state index in [1.54, 1.807) is 18.3 Å². The number of aliphatic imine (C=N–C) groups is 1. The molecule has 7 heteroatoms. The quantitative estimate of drug-likeness (QED) is 0.104. The first-order valence-corrected chi connectivity index (χ1v) is 16.0. The first-order valence-electron chi connectivity index (χ1n) is 16.0. The molecule has 4 N–H and O–H groups in total. The van der Waals surface area contributed by atoms with Crippen LogP contribution in [0.1, 0.15) is 82.9 Å². The zero-order chi connectivity index (χ0) is 33.0. The summed E-state index contributed by atoms with van der Waals surface area (Å²) in [6.07, 6.45) is 9.28. The molecule has 0 radical (unpaired) electrons. The third-order valence-electron chi connectivity index (χ3n) is 7.45.